The summed E-state index contributed by atoms with van der Waals surface area (Å²) in [4.78, 5) is 26.5. The molecule has 0 amide bonds. The minimum atomic E-state index is -1.27. The zero-order valence-corrected chi connectivity index (χ0v) is 34.7. The SMILES string of the molecule is CC[C@@H](C(=O)[C@@H](C)[C@@H](O)[C@H](C)[C@@H]1O[C@@H]([C@@H](CC)C(=O)O)CC[C@@H]1C)[C@H]1O[C@@]2(O[C@@]3(CC[C@@](C)([C@H]4CC[C@](O)(CC)[C@H](C)O4)O3)[C@H](O)C3CC32)[C@H](C)C[C@@H]1C. The summed E-state index contributed by atoms with van der Waals surface area (Å²) < 4.78 is 34.2. The van der Waals surface area contributed by atoms with Crippen LogP contribution in [0.1, 0.15) is 140 Å². The number of ketones is 1. The number of carboxylic acids is 1. The van der Waals surface area contributed by atoms with Crippen molar-refractivity contribution in [3.8, 4) is 0 Å². The fraction of sp³-hybridized carbons (Fsp3) is 0.953. The third-order valence-electron chi connectivity index (χ3n) is 15.7. The maximum absolute atomic E-state index is 14.5. The molecule has 11 heteroatoms. The molecule has 0 aromatic heterocycles. The summed E-state index contributed by atoms with van der Waals surface area (Å²) in [5.41, 5.74) is -1.58. The van der Waals surface area contributed by atoms with Gasteiger partial charge in [0.25, 0.3) is 0 Å². The minimum absolute atomic E-state index is 0.00429. The molecule has 0 aromatic rings. The van der Waals surface area contributed by atoms with Crippen molar-refractivity contribution in [2.24, 2.45) is 53.3 Å². The highest BCUT2D eigenvalue weighted by Gasteiger charge is 2.74. The van der Waals surface area contributed by atoms with Crippen molar-refractivity contribution in [1.82, 2.24) is 0 Å². The molecule has 6 fully saturated rings. The Morgan fingerprint density at radius 3 is 2.15 bits per heavy atom. The molecule has 11 nitrogen and oxygen atoms in total. The minimum Gasteiger partial charge on any atom is -0.481 e. The number of hydrogen-bond acceptors (Lipinski definition) is 10. The molecular weight excluding hydrogens is 692 g/mol. The van der Waals surface area contributed by atoms with Gasteiger partial charge in [0, 0.05) is 36.0 Å². The predicted molar refractivity (Wildman–Crippen MR) is 201 cm³/mol. The Balaban J connectivity index is 1.18. The molecule has 5 aliphatic heterocycles. The van der Waals surface area contributed by atoms with Crippen molar-refractivity contribution >= 4 is 11.8 Å². The molecule has 0 aromatic carbocycles. The molecule has 5 heterocycles. The average Bonchev–Trinajstić information content (AvgIpc) is 3.88. The molecule has 20 atom stereocenters. The van der Waals surface area contributed by atoms with Crippen molar-refractivity contribution in [3.63, 3.8) is 0 Å². The summed E-state index contributed by atoms with van der Waals surface area (Å²) in [5.74, 6) is -5.25. The van der Waals surface area contributed by atoms with Crippen LogP contribution in [0, 0.1) is 53.3 Å². The lowest BCUT2D eigenvalue weighted by molar-refractivity contribution is -0.446. The Kier molecular flexibility index (Phi) is 12.2. The highest BCUT2D eigenvalue weighted by Crippen LogP contribution is 2.66. The number of fused-ring (bicyclic) bond motifs is 2. The van der Waals surface area contributed by atoms with E-state index in [1.165, 1.54) is 0 Å². The number of carbonyl (C=O) groups excluding carboxylic acids is 1. The van der Waals surface area contributed by atoms with E-state index in [9.17, 15) is 30.0 Å². The molecule has 6 rings (SSSR count). The molecule has 54 heavy (non-hydrogen) atoms. The number of aliphatic hydroxyl groups is 3. The molecule has 4 N–H and O–H groups in total. The first-order valence-corrected chi connectivity index (χ1v) is 21.6. The molecule has 0 radical (unpaired) electrons. The second kappa shape index (κ2) is 15.5. The Morgan fingerprint density at radius 1 is 0.852 bits per heavy atom. The van der Waals surface area contributed by atoms with Crippen LogP contribution in [0.2, 0.25) is 0 Å². The van der Waals surface area contributed by atoms with Crippen LogP contribution in [0.4, 0.5) is 0 Å². The van der Waals surface area contributed by atoms with Gasteiger partial charge in [0.15, 0.2) is 11.6 Å². The summed E-state index contributed by atoms with van der Waals surface area (Å²) in [6, 6.07) is 0. The molecule has 310 valence electrons. The topological polar surface area (TPSA) is 161 Å². The Morgan fingerprint density at radius 2 is 1.54 bits per heavy atom. The molecule has 5 saturated heterocycles. The van der Waals surface area contributed by atoms with Gasteiger partial charge in [-0.2, -0.15) is 0 Å². The monoisotopic (exact) mass is 765 g/mol. The quantitative estimate of drug-likeness (QED) is 0.177. The first-order valence-electron chi connectivity index (χ1n) is 21.6. The number of rotatable bonds is 12. The van der Waals surface area contributed by atoms with Crippen LogP contribution < -0.4 is 0 Å². The van der Waals surface area contributed by atoms with Crippen molar-refractivity contribution in [3.05, 3.63) is 0 Å². The number of Topliss-reactive ketones (excluding diaryl/α,β-unsaturated/α-hetero) is 1. The van der Waals surface area contributed by atoms with Crippen LogP contribution in [0.25, 0.3) is 0 Å². The molecule has 1 aliphatic carbocycles. The Bertz CT molecular complexity index is 1360. The van der Waals surface area contributed by atoms with Crippen LogP contribution in [0.3, 0.4) is 0 Å². The van der Waals surface area contributed by atoms with Crippen LogP contribution in [0.15, 0.2) is 0 Å². The predicted octanol–water partition coefficient (Wildman–Crippen LogP) is 6.27. The van der Waals surface area contributed by atoms with Crippen molar-refractivity contribution in [2.75, 3.05) is 0 Å². The number of ether oxygens (including phenoxy) is 5. The number of aliphatic hydroxyl groups excluding tert-OH is 2. The summed E-state index contributed by atoms with van der Waals surface area (Å²) >= 11 is 0. The van der Waals surface area contributed by atoms with Crippen molar-refractivity contribution in [2.45, 2.75) is 205 Å². The van der Waals surface area contributed by atoms with E-state index in [0.717, 1.165) is 19.3 Å². The highest BCUT2D eigenvalue weighted by molar-refractivity contribution is 5.84. The lowest BCUT2D eigenvalue weighted by Gasteiger charge is -2.56. The number of hydrogen-bond donors (Lipinski definition) is 4. The van der Waals surface area contributed by atoms with Gasteiger partial charge >= 0.3 is 5.97 Å². The van der Waals surface area contributed by atoms with E-state index in [1.54, 1.807) is 6.92 Å². The first-order chi connectivity index (χ1) is 25.3. The molecule has 0 bridgehead atoms. The van der Waals surface area contributed by atoms with Gasteiger partial charge in [-0.05, 0) is 95.8 Å². The van der Waals surface area contributed by atoms with Crippen LogP contribution in [-0.2, 0) is 33.3 Å². The third kappa shape index (κ3) is 7.15. The standard InChI is InChI=1S/C43H72O11/c1-11-28(39(47)48)32-15-14-22(4)36(51-32)26(8)34(44)25(7)35(45)29(12-2)37-23(5)20-24(6)43(52-37)31-21-30(31)38(46)42(54-43)19-18-40(10,53-42)33-16-17-41(49,13-3)27(9)50-33/h22-34,36-38,44,46,49H,11-21H2,1-10H3,(H,47,48)/t22-,23-,24+,25-,26-,27-,28+,29-,30?,31?,32+,33+,34+,36+,37-,38+,40-,41+,42-,43+/m0/s1. The normalized spacial score (nSPS) is 49.2. The Labute approximate surface area is 323 Å². The second-order valence-electron chi connectivity index (χ2n) is 19.1. The third-order valence-corrected chi connectivity index (χ3v) is 15.7. The van der Waals surface area contributed by atoms with Crippen LogP contribution in [0.5, 0.6) is 0 Å². The van der Waals surface area contributed by atoms with Gasteiger partial charge < -0.3 is 44.1 Å². The van der Waals surface area contributed by atoms with E-state index >= 15 is 0 Å². The fourth-order valence-corrected chi connectivity index (χ4v) is 11.8. The summed E-state index contributed by atoms with van der Waals surface area (Å²) in [6.07, 6.45) is 3.41. The highest BCUT2D eigenvalue weighted by atomic mass is 16.8. The zero-order chi connectivity index (χ0) is 39.7. The van der Waals surface area contributed by atoms with Gasteiger partial charge in [0.2, 0.25) is 0 Å². The van der Waals surface area contributed by atoms with Gasteiger partial charge in [-0.3, -0.25) is 9.59 Å². The van der Waals surface area contributed by atoms with Gasteiger partial charge in [-0.1, -0.05) is 55.4 Å². The maximum atomic E-state index is 14.5. The summed E-state index contributed by atoms with van der Waals surface area (Å²) in [6.45, 7) is 19.9. The van der Waals surface area contributed by atoms with Gasteiger partial charge in [-0.15, -0.1) is 0 Å². The smallest absolute Gasteiger partial charge is 0.309 e. The van der Waals surface area contributed by atoms with E-state index in [0.29, 0.717) is 51.4 Å². The van der Waals surface area contributed by atoms with Crippen LogP contribution in [-0.4, -0.2) is 97.7 Å². The molecular formula is C43H72O11. The summed E-state index contributed by atoms with van der Waals surface area (Å²) in [5, 5.41) is 44.5. The van der Waals surface area contributed by atoms with E-state index in [-0.39, 0.29) is 59.6 Å². The van der Waals surface area contributed by atoms with E-state index in [1.807, 2.05) is 41.5 Å². The molecule has 2 spiro atoms. The zero-order valence-electron chi connectivity index (χ0n) is 34.7. The van der Waals surface area contributed by atoms with Crippen molar-refractivity contribution < 1.29 is 53.7 Å². The van der Waals surface area contributed by atoms with Crippen molar-refractivity contribution in [1.29, 1.82) is 0 Å². The van der Waals surface area contributed by atoms with E-state index in [2.05, 4.69) is 20.8 Å². The lowest BCUT2D eigenvalue weighted by Crippen LogP contribution is -2.66. The van der Waals surface area contributed by atoms with Crippen LogP contribution >= 0.6 is 0 Å². The molecule has 2 unspecified atom stereocenters. The largest absolute Gasteiger partial charge is 0.481 e. The van der Waals surface area contributed by atoms with E-state index in [4.69, 9.17) is 23.7 Å². The molecule has 6 aliphatic rings. The van der Waals surface area contributed by atoms with Gasteiger partial charge in [-0.25, -0.2) is 0 Å². The second-order valence-corrected chi connectivity index (χ2v) is 19.1. The molecule has 1 saturated carbocycles. The lowest BCUT2D eigenvalue weighted by atomic mass is 9.72. The Hall–Kier alpha value is -1.18. The first kappa shape index (κ1) is 42.4. The fourth-order valence-electron chi connectivity index (χ4n) is 11.8. The maximum Gasteiger partial charge on any atom is 0.309 e. The van der Waals surface area contributed by atoms with Gasteiger partial charge in [0.1, 0.15) is 11.9 Å². The number of carboxylic acid groups (broad SMARTS) is 1. The summed E-state index contributed by atoms with van der Waals surface area (Å²) in [7, 11) is 0. The van der Waals surface area contributed by atoms with Gasteiger partial charge in [0.05, 0.1) is 53.7 Å². The number of carbonyl (C=O) groups is 2. The van der Waals surface area contributed by atoms with E-state index < -0.39 is 70.9 Å². The number of aliphatic carboxylic acids is 1. The average molecular weight is 765 g/mol.